The fourth-order valence-electron chi connectivity index (χ4n) is 2.40. The van der Waals surface area contributed by atoms with Gasteiger partial charge >= 0.3 is 0 Å². The van der Waals surface area contributed by atoms with E-state index >= 15 is 0 Å². The normalized spacial score (nSPS) is 15.0. The topological polar surface area (TPSA) is 72.9 Å². The van der Waals surface area contributed by atoms with Crippen molar-refractivity contribution in [3.05, 3.63) is 47.8 Å². The highest BCUT2D eigenvalue weighted by Crippen LogP contribution is 2.31. The molecule has 1 aromatic carbocycles. The maximum atomic E-state index is 12.1. The molecule has 1 aliphatic rings. The van der Waals surface area contributed by atoms with E-state index in [9.17, 15) is 4.79 Å². The van der Waals surface area contributed by atoms with E-state index in [2.05, 4.69) is 10.4 Å². The first-order chi connectivity index (χ1) is 10.1. The van der Waals surface area contributed by atoms with E-state index in [1.807, 2.05) is 31.2 Å². The first-order valence-corrected chi connectivity index (χ1v) is 7.29. The van der Waals surface area contributed by atoms with Gasteiger partial charge in [-0.1, -0.05) is 18.2 Å². The maximum absolute atomic E-state index is 12.1. The van der Waals surface area contributed by atoms with E-state index in [0.29, 0.717) is 18.0 Å². The van der Waals surface area contributed by atoms with Crippen LogP contribution in [0.15, 0.2) is 36.7 Å². The van der Waals surface area contributed by atoms with E-state index in [4.69, 9.17) is 5.73 Å². The number of para-hydroxylation sites is 1. The molecule has 1 saturated carbocycles. The average molecular weight is 321 g/mol. The lowest BCUT2D eigenvalue weighted by Gasteiger charge is -2.10. The van der Waals surface area contributed by atoms with Crippen molar-refractivity contribution in [3.8, 4) is 5.69 Å². The molecular weight excluding hydrogens is 300 g/mol. The summed E-state index contributed by atoms with van der Waals surface area (Å²) in [5.74, 6) is 0.464. The van der Waals surface area contributed by atoms with Gasteiger partial charge in [0.05, 0.1) is 17.4 Å². The minimum absolute atomic E-state index is 0. The summed E-state index contributed by atoms with van der Waals surface area (Å²) in [6.07, 6.45) is 5.70. The molecule has 1 unspecified atom stereocenters. The lowest BCUT2D eigenvalue weighted by atomic mass is 10.2. The Morgan fingerprint density at radius 1 is 1.45 bits per heavy atom. The molecule has 1 aromatic heterocycles. The summed E-state index contributed by atoms with van der Waals surface area (Å²) in [5, 5.41) is 7.15. The molecule has 0 saturated heterocycles. The van der Waals surface area contributed by atoms with E-state index < -0.39 is 0 Å². The van der Waals surface area contributed by atoms with Crippen molar-refractivity contribution in [1.82, 2.24) is 15.1 Å². The van der Waals surface area contributed by atoms with Gasteiger partial charge in [0, 0.05) is 18.8 Å². The Bertz CT molecular complexity index is 651. The number of nitrogens with zero attached hydrogens (tertiary/aromatic N) is 2. The van der Waals surface area contributed by atoms with Gasteiger partial charge in [0.2, 0.25) is 0 Å². The number of hydrogen-bond donors (Lipinski definition) is 2. The Hall–Kier alpha value is -1.85. The number of nitrogens with one attached hydrogen (secondary N) is 1. The molecule has 2 aromatic rings. The molecule has 0 spiro atoms. The third kappa shape index (κ3) is 3.67. The van der Waals surface area contributed by atoms with Gasteiger partial charge in [0.25, 0.3) is 5.91 Å². The smallest absolute Gasteiger partial charge is 0.254 e. The molecule has 1 atom stereocenters. The van der Waals surface area contributed by atoms with E-state index in [1.54, 1.807) is 17.1 Å². The number of rotatable bonds is 5. The standard InChI is InChI=1S/C16H20N4O.ClH/c1-11-4-2-3-5-15(11)20-10-13(8-19-20)16(21)18-9-14(17)12-6-7-12;/h2-5,8,10,12,14H,6-7,9,17H2,1H3,(H,18,21);1H. The minimum Gasteiger partial charge on any atom is -0.350 e. The Morgan fingerprint density at radius 2 is 2.18 bits per heavy atom. The Labute approximate surface area is 136 Å². The third-order valence-electron chi connectivity index (χ3n) is 3.93. The minimum atomic E-state index is -0.120. The zero-order chi connectivity index (χ0) is 14.8. The number of carbonyl (C=O) groups excluding carboxylic acids is 1. The number of hydrogen-bond acceptors (Lipinski definition) is 3. The Morgan fingerprint density at radius 3 is 2.86 bits per heavy atom. The fourth-order valence-corrected chi connectivity index (χ4v) is 2.40. The SMILES string of the molecule is Cc1ccccc1-n1cc(C(=O)NCC(N)C2CC2)cn1.Cl. The molecule has 0 bridgehead atoms. The van der Waals surface area contributed by atoms with Crippen molar-refractivity contribution >= 4 is 18.3 Å². The van der Waals surface area contributed by atoms with E-state index in [1.165, 1.54) is 12.8 Å². The highest BCUT2D eigenvalue weighted by molar-refractivity contribution is 5.93. The van der Waals surface area contributed by atoms with Gasteiger partial charge in [0.15, 0.2) is 0 Å². The second-order valence-corrected chi connectivity index (χ2v) is 5.67. The van der Waals surface area contributed by atoms with Crippen LogP contribution in [-0.2, 0) is 0 Å². The second kappa shape index (κ2) is 6.94. The van der Waals surface area contributed by atoms with Crippen molar-refractivity contribution in [3.63, 3.8) is 0 Å². The molecule has 1 heterocycles. The molecule has 118 valence electrons. The van der Waals surface area contributed by atoms with E-state index in [0.717, 1.165) is 11.3 Å². The molecule has 1 fully saturated rings. The van der Waals surface area contributed by atoms with E-state index in [-0.39, 0.29) is 24.4 Å². The van der Waals surface area contributed by atoms with Gasteiger partial charge in [-0.3, -0.25) is 4.79 Å². The van der Waals surface area contributed by atoms with Crippen molar-refractivity contribution in [1.29, 1.82) is 0 Å². The maximum Gasteiger partial charge on any atom is 0.254 e. The van der Waals surface area contributed by atoms with Crippen molar-refractivity contribution in [2.45, 2.75) is 25.8 Å². The number of benzene rings is 1. The molecule has 0 radical (unpaired) electrons. The lowest BCUT2D eigenvalue weighted by Crippen LogP contribution is -2.38. The van der Waals surface area contributed by atoms with Crippen LogP contribution in [0.3, 0.4) is 0 Å². The molecule has 3 rings (SSSR count). The summed E-state index contributed by atoms with van der Waals surface area (Å²) in [5.41, 5.74) is 8.63. The molecule has 0 aliphatic heterocycles. The van der Waals surface area contributed by atoms with Crippen LogP contribution in [0.4, 0.5) is 0 Å². The fraction of sp³-hybridized carbons (Fsp3) is 0.375. The van der Waals surface area contributed by atoms with Gasteiger partial charge in [-0.2, -0.15) is 5.10 Å². The number of halogens is 1. The predicted octanol–water partition coefficient (Wildman–Crippen LogP) is 2.07. The first kappa shape index (κ1) is 16.5. The number of amides is 1. The third-order valence-corrected chi connectivity index (χ3v) is 3.93. The van der Waals surface area contributed by atoms with Gasteiger partial charge in [-0.25, -0.2) is 4.68 Å². The molecule has 22 heavy (non-hydrogen) atoms. The molecule has 3 N–H and O–H groups in total. The molecule has 1 aliphatic carbocycles. The number of aryl methyl sites for hydroxylation is 1. The van der Waals surface area contributed by atoms with Crippen LogP contribution < -0.4 is 11.1 Å². The highest BCUT2D eigenvalue weighted by Gasteiger charge is 2.28. The van der Waals surface area contributed by atoms with Crippen LogP contribution in [0.1, 0.15) is 28.8 Å². The molecule has 6 heteroatoms. The summed E-state index contributed by atoms with van der Waals surface area (Å²) >= 11 is 0. The van der Waals surface area contributed by atoms with Crippen LogP contribution in [-0.4, -0.2) is 28.3 Å². The van der Waals surface area contributed by atoms with Gasteiger partial charge in [-0.15, -0.1) is 12.4 Å². The molecule has 5 nitrogen and oxygen atoms in total. The molecule has 1 amide bonds. The second-order valence-electron chi connectivity index (χ2n) is 5.67. The summed E-state index contributed by atoms with van der Waals surface area (Å²) in [6, 6.07) is 8.01. The lowest BCUT2D eigenvalue weighted by molar-refractivity contribution is 0.0950. The number of carbonyl (C=O) groups is 1. The summed E-state index contributed by atoms with van der Waals surface area (Å²) in [7, 11) is 0. The number of nitrogens with two attached hydrogens (primary N) is 1. The van der Waals surface area contributed by atoms with Gasteiger partial charge in [0.1, 0.15) is 0 Å². The highest BCUT2D eigenvalue weighted by atomic mass is 35.5. The number of aromatic nitrogens is 2. The van der Waals surface area contributed by atoms with Crippen LogP contribution in [0.5, 0.6) is 0 Å². The van der Waals surface area contributed by atoms with Crippen LogP contribution in [0.2, 0.25) is 0 Å². The van der Waals surface area contributed by atoms with Gasteiger partial charge in [-0.05, 0) is 37.3 Å². The summed E-state index contributed by atoms with van der Waals surface area (Å²) < 4.78 is 1.73. The summed E-state index contributed by atoms with van der Waals surface area (Å²) in [6.45, 7) is 2.55. The Balaban J connectivity index is 0.00000176. The average Bonchev–Trinajstić information content (AvgIpc) is 3.23. The van der Waals surface area contributed by atoms with Crippen LogP contribution >= 0.6 is 12.4 Å². The first-order valence-electron chi connectivity index (χ1n) is 7.29. The quantitative estimate of drug-likeness (QED) is 0.885. The molecular formula is C16H21ClN4O. The zero-order valence-corrected chi connectivity index (χ0v) is 13.3. The Kier molecular flexibility index (Phi) is 5.21. The zero-order valence-electron chi connectivity index (χ0n) is 12.5. The van der Waals surface area contributed by atoms with Gasteiger partial charge < -0.3 is 11.1 Å². The van der Waals surface area contributed by atoms with Crippen molar-refractivity contribution in [2.75, 3.05) is 6.54 Å². The van der Waals surface area contributed by atoms with Crippen molar-refractivity contribution in [2.24, 2.45) is 11.7 Å². The monoisotopic (exact) mass is 320 g/mol. The predicted molar refractivity (Wildman–Crippen MR) is 88.6 cm³/mol. The van der Waals surface area contributed by atoms with Crippen LogP contribution in [0, 0.1) is 12.8 Å². The largest absolute Gasteiger partial charge is 0.350 e. The van der Waals surface area contributed by atoms with Crippen molar-refractivity contribution < 1.29 is 4.79 Å². The van der Waals surface area contributed by atoms with Crippen LogP contribution in [0.25, 0.3) is 5.69 Å². The summed E-state index contributed by atoms with van der Waals surface area (Å²) in [4.78, 5) is 12.1.